The van der Waals surface area contributed by atoms with Crippen molar-refractivity contribution in [3.63, 3.8) is 0 Å². The molecule has 1 aliphatic heterocycles. The average molecular weight is 635 g/mol. The van der Waals surface area contributed by atoms with Crippen molar-refractivity contribution in [1.82, 2.24) is 20.5 Å². The fraction of sp³-hybridized carbons (Fsp3) is 0.567. The minimum atomic E-state index is -2.38. The molecule has 2 aromatic rings. The van der Waals surface area contributed by atoms with E-state index in [4.69, 9.17) is 14.6 Å². The summed E-state index contributed by atoms with van der Waals surface area (Å²) in [6.07, 6.45) is -1.30. The van der Waals surface area contributed by atoms with Crippen molar-refractivity contribution in [3.8, 4) is 10.4 Å². The first-order valence-corrected chi connectivity index (χ1v) is 15.3. The maximum Gasteiger partial charge on any atom is 0.305 e. The number of carboxylic acids is 1. The fourth-order valence-electron chi connectivity index (χ4n) is 4.63. The van der Waals surface area contributed by atoms with E-state index in [1.54, 1.807) is 37.6 Å². The second-order valence-electron chi connectivity index (χ2n) is 11.7. The van der Waals surface area contributed by atoms with Crippen LogP contribution in [-0.4, -0.2) is 99.7 Å². The van der Waals surface area contributed by atoms with Gasteiger partial charge in [0.25, 0.3) is 5.91 Å². The van der Waals surface area contributed by atoms with E-state index >= 15 is 0 Å². The Kier molecular flexibility index (Phi) is 12.4. The van der Waals surface area contributed by atoms with Crippen molar-refractivity contribution < 1.29 is 44.0 Å². The lowest BCUT2D eigenvalue weighted by Crippen LogP contribution is -2.67. The molecule has 0 saturated carbocycles. The molecule has 3 amide bonds. The van der Waals surface area contributed by atoms with Gasteiger partial charge in [-0.1, -0.05) is 45.0 Å². The van der Waals surface area contributed by atoms with E-state index in [-0.39, 0.29) is 58.8 Å². The van der Waals surface area contributed by atoms with Crippen LogP contribution in [0.25, 0.3) is 10.4 Å². The lowest BCUT2D eigenvalue weighted by Gasteiger charge is -2.42. The number of thiazole rings is 1. The third-order valence-electron chi connectivity index (χ3n) is 7.29. The van der Waals surface area contributed by atoms with Gasteiger partial charge in [-0.25, -0.2) is 4.98 Å². The van der Waals surface area contributed by atoms with Crippen LogP contribution in [0.3, 0.4) is 0 Å². The fourth-order valence-corrected chi connectivity index (χ4v) is 5.44. The summed E-state index contributed by atoms with van der Waals surface area (Å²) in [6.45, 7) is 6.99. The highest BCUT2D eigenvalue weighted by atomic mass is 32.1. The van der Waals surface area contributed by atoms with Crippen LogP contribution in [0.1, 0.15) is 51.3 Å². The molecule has 44 heavy (non-hydrogen) atoms. The number of hydrogen-bond acceptors (Lipinski definition) is 10. The summed E-state index contributed by atoms with van der Waals surface area (Å²) in [4.78, 5) is 56.7. The van der Waals surface area contributed by atoms with Crippen LogP contribution in [0.4, 0.5) is 0 Å². The molecule has 14 heteroatoms. The van der Waals surface area contributed by atoms with E-state index in [0.29, 0.717) is 0 Å². The van der Waals surface area contributed by atoms with Gasteiger partial charge in [-0.3, -0.25) is 19.2 Å². The average Bonchev–Trinajstić information content (AvgIpc) is 3.57. The number of likely N-dealkylation sites (tertiary alicyclic amines) is 1. The summed E-state index contributed by atoms with van der Waals surface area (Å²) in [5.41, 5.74) is 1.04. The van der Waals surface area contributed by atoms with E-state index in [2.05, 4.69) is 15.6 Å². The smallest absolute Gasteiger partial charge is 0.305 e. The molecule has 5 N–H and O–H groups in total. The number of nitrogens with one attached hydrogen (secondary N) is 2. The van der Waals surface area contributed by atoms with Gasteiger partial charge in [0.2, 0.25) is 17.5 Å². The summed E-state index contributed by atoms with van der Waals surface area (Å²) < 4.78 is 10.4. The molecule has 1 fully saturated rings. The van der Waals surface area contributed by atoms with Gasteiger partial charge in [0.1, 0.15) is 6.04 Å². The Balaban J connectivity index is 1.58. The van der Waals surface area contributed by atoms with E-state index < -0.39 is 47.0 Å². The number of aryl methyl sites for hydroxylation is 1. The zero-order valence-corrected chi connectivity index (χ0v) is 26.3. The molecule has 1 aromatic carbocycles. The zero-order valence-electron chi connectivity index (χ0n) is 25.5. The molecule has 1 unspecified atom stereocenters. The molecule has 0 bridgehead atoms. The molecule has 3 rings (SSSR count). The second-order valence-corrected chi connectivity index (χ2v) is 12.5. The first-order valence-electron chi connectivity index (χ1n) is 14.4. The summed E-state index contributed by atoms with van der Waals surface area (Å²) in [7, 11) is 0. The van der Waals surface area contributed by atoms with Gasteiger partial charge in [0, 0.05) is 24.9 Å². The molecule has 2 heterocycles. The largest absolute Gasteiger partial charge is 0.481 e. The summed E-state index contributed by atoms with van der Waals surface area (Å²) >= 11 is 1.55. The van der Waals surface area contributed by atoms with Crippen LogP contribution in [-0.2, 0) is 35.2 Å². The van der Waals surface area contributed by atoms with Crippen molar-refractivity contribution in [2.45, 2.75) is 71.4 Å². The number of carboxylic acid groups (broad SMARTS) is 1. The highest BCUT2D eigenvalue weighted by molar-refractivity contribution is 7.13. The van der Waals surface area contributed by atoms with Crippen molar-refractivity contribution in [2.24, 2.45) is 5.41 Å². The number of carbonyl (C=O) groups is 4. The van der Waals surface area contributed by atoms with Crippen LogP contribution in [0.15, 0.2) is 29.8 Å². The SMILES string of the molecule is Cc1ncsc1-c1ccc(CNC(=O)[C@@H]2C[C@@H](O)CN2C(=O)C(O)(NC(=O)CCOCCOCCC(=O)O)C(C)(C)C)cc1. The summed E-state index contributed by atoms with van der Waals surface area (Å²) in [5, 5.41) is 35.8. The molecular formula is C30H42N4O9S. The molecule has 0 aliphatic carbocycles. The van der Waals surface area contributed by atoms with Crippen molar-refractivity contribution in [3.05, 3.63) is 41.0 Å². The highest BCUT2D eigenvalue weighted by Crippen LogP contribution is 2.33. The number of aromatic nitrogens is 1. The number of carbonyl (C=O) groups excluding carboxylic acids is 3. The Morgan fingerprint density at radius 2 is 1.68 bits per heavy atom. The number of hydrogen-bond donors (Lipinski definition) is 5. The Morgan fingerprint density at radius 3 is 2.25 bits per heavy atom. The lowest BCUT2D eigenvalue weighted by atomic mass is 9.81. The predicted molar refractivity (Wildman–Crippen MR) is 161 cm³/mol. The van der Waals surface area contributed by atoms with E-state index in [1.165, 1.54) is 0 Å². The third-order valence-corrected chi connectivity index (χ3v) is 8.27. The van der Waals surface area contributed by atoms with Crippen molar-refractivity contribution in [1.29, 1.82) is 0 Å². The normalized spacial score (nSPS) is 18.1. The minimum absolute atomic E-state index is 0.0162. The molecule has 0 spiro atoms. The standard InChI is InChI=1S/C30H42N4O9S/c1-19-26(44-18-32-19)21-7-5-20(6-8-21)16-31-27(39)23-15-22(35)17-34(23)28(40)30(41,29(2,3)4)33-24(36)9-11-42-13-14-43-12-10-25(37)38/h5-8,18,22-23,35,41H,9-17H2,1-4H3,(H,31,39)(H,33,36)(H,37,38)/t22-,23+,30?/m1/s1. The number of benzene rings is 1. The first-order chi connectivity index (χ1) is 20.7. The first kappa shape index (κ1) is 35.1. The lowest BCUT2D eigenvalue weighted by molar-refractivity contribution is -0.176. The maximum absolute atomic E-state index is 13.8. The summed E-state index contributed by atoms with van der Waals surface area (Å²) in [6, 6.07) is 6.64. The van der Waals surface area contributed by atoms with Crippen molar-refractivity contribution in [2.75, 3.05) is 33.0 Å². The van der Waals surface area contributed by atoms with Gasteiger partial charge in [-0.15, -0.1) is 11.3 Å². The molecule has 0 radical (unpaired) electrons. The molecule has 242 valence electrons. The summed E-state index contributed by atoms with van der Waals surface area (Å²) in [5.74, 6) is -3.01. The molecule has 1 aliphatic rings. The molecule has 1 aromatic heterocycles. The Bertz CT molecular complexity index is 1290. The topological polar surface area (TPSA) is 188 Å². The zero-order chi connectivity index (χ0) is 32.5. The molecular weight excluding hydrogens is 592 g/mol. The van der Waals surface area contributed by atoms with Crippen LogP contribution in [0, 0.1) is 12.3 Å². The van der Waals surface area contributed by atoms with Gasteiger partial charge in [0.15, 0.2) is 0 Å². The highest BCUT2D eigenvalue weighted by Gasteiger charge is 2.54. The van der Waals surface area contributed by atoms with E-state index in [1.807, 2.05) is 31.2 Å². The Labute approximate surface area is 260 Å². The second kappa shape index (κ2) is 15.5. The van der Waals surface area contributed by atoms with Gasteiger partial charge in [-0.2, -0.15) is 0 Å². The number of aliphatic hydroxyl groups is 2. The maximum atomic E-state index is 13.8. The molecule has 3 atom stereocenters. The van der Waals surface area contributed by atoms with Gasteiger partial charge in [-0.05, 0) is 18.1 Å². The van der Waals surface area contributed by atoms with Gasteiger partial charge in [0.05, 0.1) is 61.5 Å². The van der Waals surface area contributed by atoms with Gasteiger partial charge >= 0.3 is 5.97 Å². The number of amides is 3. The van der Waals surface area contributed by atoms with Crippen LogP contribution >= 0.6 is 11.3 Å². The predicted octanol–water partition coefficient (Wildman–Crippen LogP) is 1.45. The monoisotopic (exact) mass is 634 g/mol. The third kappa shape index (κ3) is 9.29. The quantitative estimate of drug-likeness (QED) is 0.142. The van der Waals surface area contributed by atoms with E-state index in [9.17, 15) is 29.4 Å². The number of β-amino-alcohol motifs (C(OH)–C–C–N with tert-alkyl or cyclic N) is 1. The number of aliphatic carboxylic acids is 1. The van der Waals surface area contributed by atoms with Crippen molar-refractivity contribution >= 4 is 35.0 Å². The molecule has 1 saturated heterocycles. The number of rotatable bonds is 15. The Hall–Kier alpha value is -3.43. The number of aliphatic hydroxyl groups excluding tert-OH is 1. The number of nitrogens with zero attached hydrogens (tertiary/aromatic N) is 2. The number of ether oxygens (including phenoxy) is 2. The van der Waals surface area contributed by atoms with E-state index in [0.717, 1.165) is 26.6 Å². The van der Waals surface area contributed by atoms with Crippen LogP contribution in [0.5, 0.6) is 0 Å². The Morgan fingerprint density at radius 1 is 1.05 bits per heavy atom. The van der Waals surface area contributed by atoms with Crippen LogP contribution < -0.4 is 10.6 Å². The molecule has 13 nitrogen and oxygen atoms in total. The minimum Gasteiger partial charge on any atom is -0.481 e. The van der Waals surface area contributed by atoms with Gasteiger partial charge < -0.3 is 40.3 Å². The van der Waals surface area contributed by atoms with Crippen LogP contribution in [0.2, 0.25) is 0 Å².